The summed E-state index contributed by atoms with van der Waals surface area (Å²) in [5, 5.41) is 3.26. The Morgan fingerprint density at radius 1 is 1.55 bits per heavy atom. The van der Waals surface area contributed by atoms with Crippen LogP contribution in [0.5, 0.6) is 0 Å². The zero-order valence-electron chi connectivity index (χ0n) is 7.77. The molecule has 0 amide bonds. The Morgan fingerprint density at radius 2 is 2.36 bits per heavy atom. The van der Waals surface area contributed by atoms with Crippen LogP contribution in [-0.2, 0) is 0 Å². The molecule has 0 radical (unpaired) electrons. The van der Waals surface area contributed by atoms with Crippen molar-refractivity contribution in [2.45, 2.75) is 19.8 Å². The van der Waals surface area contributed by atoms with Gasteiger partial charge in [-0.2, -0.15) is 0 Å². The number of hydrogen-bond donors (Lipinski definition) is 1. The first-order chi connectivity index (χ1) is 5.36. The fourth-order valence-corrected chi connectivity index (χ4v) is 1.89. The fourth-order valence-electron chi connectivity index (χ4n) is 1.89. The lowest BCUT2D eigenvalue weighted by molar-refractivity contribution is 0.182. The molecule has 0 aromatic carbocycles. The van der Waals surface area contributed by atoms with Crippen LogP contribution in [0.25, 0.3) is 0 Å². The number of rotatable bonds is 3. The summed E-state index contributed by atoms with van der Waals surface area (Å²) in [6.45, 7) is 7.28. The van der Waals surface area contributed by atoms with Crippen molar-refractivity contribution in [2.24, 2.45) is 5.92 Å². The number of piperidine rings is 1. The van der Waals surface area contributed by atoms with E-state index < -0.39 is 0 Å². The summed E-state index contributed by atoms with van der Waals surface area (Å²) in [6, 6.07) is 0. The van der Waals surface area contributed by atoms with E-state index >= 15 is 0 Å². The van der Waals surface area contributed by atoms with Crippen LogP contribution in [0.1, 0.15) is 19.8 Å². The topological polar surface area (TPSA) is 15.3 Å². The molecule has 2 heteroatoms. The van der Waals surface area contributed by atoms with Gasteiger partial charge in [-0.25, -0.2) is 0 Å². The molecule has 1 aliphatic heterocycles. The third-order valence-corrected chi connectivity index (χ3v) is 2.54. The first-order valence-corrected chi connectivity index (χ1v) is 4.73. The summed E-state index contributed by atoms with van der Waals surface area (Å²) in [5.74, 6) is 0.897. The molecule has 1 fully saturated rings. The maximum absolute atomic E-state index is 3.26. The van der Waals surface area contributed by atoms with Gasteiger partial charge in [0.25, 0.3) is 0 Å². The van der Waals surface area contributed by atoms with E-state index in [2.05, 4.69) is 17.1 Å². The molecule has 1 N–H and O–H groups in total. The maximum atomic E-state index is 3.26. The largest absolute Gasteiger partial charge is 0.319 e. The van der Waals surface area contributed by atoms with Crippen molar-refractivity contribution in [1.29, 1.82) is 0 Å². The molecular weight excluding hydrogens is 136 g/mol. The molecule has 66 valence electrons. The zero-order chi connectivity index (χ0) is 8.10. The zero-order valence-corrected chi connectivity index (χ0v) is 7.77. The van der Waals surface area contributed by atoms with Gasteiger partial charge in [-0.15, -0.1) is 0 Å². The molecule has 2 nitrogen and oxygen atoms in total. The summed E-state index contributed by atoms with van der Waals surface area (Å²) in [6.07, 6.45) is 2.80. The average Bonchev–Trinajstić information content (AvgIpc) is 2.06. The van der Waals surface area contributed by atoms with Gasteiger partial charge < -0.3 is 10.2 Å². The number of hydrogen-bond acceptors (Lipinski definition) is 2. The number of nitrogens with zero attached hydrogens (tertiary/aromatic N) is 1. The molecule has 0 bridgehead atoms. The lowest BCUT2D eigenvalue weighted by atomic mass is 9.98. The average molecular weight is 156 g/mol. The molecule has 1 atom stereocenters. The molecule has 0 saturated carbocycles. The normalized spacial score (nSPS) is 27.3. The molecule has 1 heterocycles. The number of likely N-dealkylation sites (tertiary alicyclic amines) is 1. The Morgan fingerprint density at radius 3 is 3.00 bits per heavy atom. The minimum absolute atomic E-state index is 0.897. The van der Waals surface area contributed by atoms with Gasteiger partial charge in [-0.1, -0.05) is 6.92 Å². The predicted molar refractivity (Wildman–Crippen MR) is 48.8 cm³/mol. The van der Waals surface area contributed by atoms with Gasteiger partial charge in [0.15, 0.2) is 0 Å². The molecule has 0 unspecified atom stereocenters. The van der Waals surface area contributed by atoms with E-state index in [1.54, 1.807) is 0 Å². The van der Waals surface area contributed by atoms with Crippen LogP contribution < -0.4 is 5.32 Å². The third-order valence-electron chi connectivity index (χ3n) is 2.54. The molecule has 0 aromatic rings. The van der Waals surface area contributed by atoms with Gasteiger partial charge in [-0.3, -0.25) is 0 Å². The van der Waals surface area contributed by atoms with Crippen molar-refractivity contribution in [3.63, 3.8) is 0 Å². The maximum Gasteiger partial charge on any atom is 0.00217 e. The van der Waals surface area contributed by atoms with Crippen LogP contribution in [0.3, 0.4) is 0 Å². The summed E-state index contributed by atoms with van der Waals surface area (Å²) < 4.78 is 0. The monoisotopic (exact) mass is 156 g/mol. The van der Waals surface area contributed by atoms with Crippen LogP contribution in [0, 0.1) is 5.92 Å². The Hall–Kier alpha value is -0.0800. The van der Waals surface area contributed by atoms with Crippen LogP contribution >= 0.6 is 0 Å². The minimum Gasteiger partial charge on any atom is -0.319 e. The Balaban J connectivity index is 2.21. The highest BCUT2D eigenvalue weighted by molar-refractivity contribution is 4.72. The van der Waals surface area contributed by atoms with Crippen molar-refractivity contribution in [1.82, 2.24) is 10.2 Å². The third kappa shape index (κ3) is 2.80. The quantitative estimate of drug-likeness (QED) is 0.654. The summed E-state index contributed by atoms with van der Waals surface area (Å²) >= 11 is 0. The molecule has 1 aliphatic rings. The first-order valence-electron chi connectivity index (χ1n) is 4.73. The lowest BCUT2D eigenvalue weighted by Gasteiger charge is -2.31. The van der Waals surface area contributed by atoms with E-state index in [0.717, 1.165) is 5.92 Å². The summed E-state index contributed by atoms with van der Waals surface area (Å²) in [4.78, 5) is 2.55. The van der Waals surface area contributed by atoms with E-state index in [0.29, 0.717) is 0 Å². The molecule has 1 rings (SSSR count). The predicted octanol–water partition coefficient (Wildman–Crippen LogP) is 0.938. The first kappa shape index (κ1) is 9.01. The van der Waals surface area contributed by atoms with Crippen LogP contribution in [0.15, 0.2) is 0 Å². The Bertz CT molecular complexity index is 102. The number of nitrogens with one attached hydrogen (secondary N) is 1. The van der Waals surface area contributed by atoms with Crippen molar-refractivity contribution in [3.8, 4) is 0 Å². The van der Waals surface area contributed by atoms with Crippen LogP contribution in [0.4, 0.5) is 0 Å². The van der Waals surface area contributed by atoms with E-state index in [-0.39, 0.29) is 0 Å². The Kier molecular flexibility index (Phi) is 3.87. The van der Waals surface area contributed by atoms with Crippen LogP contribution in [-0.4, -0.2) is 38.1 Å². The second-order valence-electron chi connectivity index (χ2n) is 3.46. The molecule has 0 aromatic heterocycles. The van der Waals surface area contributed by atoms with Gasteiger partial charge >= 0.3 is 0 Å². The lowest BCUT2D eigenvalue weighted by Crippen LogP contribution is -2.38. The second-order valence-corrected chi connectivity index (χ2v) is 3.46. The molecule has 0 aliphatic carbocycles. The van der Waals surface area contributed by atoms with E-state index in [9.17, 15) is 0 Å². The Labute approximate surface area is 70.0 Å². The minimum atomic E-state index is 0.897. The van der Waals surface area contributed by atoms with Gasteiger partial charge in [0.05, 0.1) is 0 Å². The summed E-state index contributed by atoms with van der Waals surface area (Å²) in [5.41, 5.74) is 0. The standard InChI is InChI=1S/C9H20N2/c1-3-11-6-4-5-9(8-11)7-10-2/h9-10H,3-8H2,1-2H3/t9-/m0/s1. The van der Waals surface area contributed by atoms with Gasteiger partial charge in [-0.05, 0) is 45.4 Å². The van der Waals surface area contributed by atoms with Crippen molar-refractivity contribution in [3.05, 3.63) is 0 Å². The van der Waals surface area contributed by atoms with E-state index in [4.69, 9.17) is 0 Å². The van der Waals surface area contributed by atoms with E-state index in [1.165, 1.54) is 39.0 Å². The van der Waals surface area contributed by atoms with Crippen molar-refractivity contribution < 1.29 is 0 Å². The SMILES string of the molecule is CCN1CCC[C@@H](CNC)C1. The van der Waals surface area contributed by atoms with Gasteiger partial charge in [0.1, 0.15) is 0 Å². The highest BCUT2D eigenvalue weighted by Gasteiger charge is 2.17. The van der Waals surface area contributed by atoms with E-state index in [1.807, 2.05) is 7.05 Å². The molecule has 11 heavy (non-hydrogen) atoms. The van der Waals surface area contributed by atoms with Crippen LogP contribution in [0.2, 0.25) is 0 Å². The highest BCUT2D eigenvalue weighted by atomic mass is 15.1. The second kappa shape index (κ2) is 4.73. The van der Waals surface area contributed by atoms with Crippen molar-refractivity contribution >= 4 is 0 Å². The highest BCUT2D eigenvalue weighted by Crippen LogP contribution is 2.14. The molecule has 1 saturated heterocycles. The fraction of sp³-hybridized carbons (Fsp3) is 1.00. The van der Waals surface area contributed by atoms with Crippen molar-refractivity contribution in [2.75, 3.05) is 33.2 Å². The van der Waals surface area contributed by atoms with Gasteiger partial charge in [0.2, 0.25) is 0 Å². The molecule has 0 spiro atoms. The van der Waals surface area contributed by atoms with Gasteiger partial charge in [0, 0.05) is 6.54 Å². The summed E-state index contributed by atoms with van der Waals surface area (Å²) in [7, 11) is 2.05. The smallest absolute Gasteiger partial charge is 0.00217 e. The molecular formula is C9H20N2.